The normalized spacial score (nSPS) is 20.7. The molecule has 1 saturated heterocycles. The largest absolute Gasteiger partial charge is 0.370 e. The fourth-order valence-corrected chi connectivity index (χ4v) is 3.02. The summed E-state index contributed by atoms with van der Waals surface area (Å²) in [4.78, 5) is 34.3. The number of benzene rings is 1. The topological polar surface area (TPSA) is 113 Å². The number of nitrogens with two attached hydrogens (primary N) is 1. The van der Waals surface area contributed by atoms with Crippen molar-refractivity contribution in [2.75, 3.05) is 11.1 Å². The van der Waals surface area contributed by atoms with E-state index in [1.54, 1.807) is 6.07 Å². The highest BCUT2D eigenvalue weighted by Gasteiger charge is 2.27. The highest BCUT2D eigenvalue weighted by Crippen LogP contribution is 2.15. The van der Waals surface area contributed by atoms with Crippen molar-refractivity contribution in [1.29, 1.82) is 0 Å². The number of thioether (sulfide) groups is 1. The van der Waals surface area contributed by atoms with Crippen LogP contribution in [0.25, 0.3) is 0 Å². The summed E-state index contributed by atoms with van der Waals surface area (Å²) in [5, 5.41) is 8.27. The van der Waals surface area contributed by atoms with Crippen LogP contribution in [0.5, 0.6) is 0 Å². The Kier molecular flexibility index (Phi) is 5.94. The molecule has 1 aliphatic heterocycles. The van der Waals surface area contributed by atoms with Gasteiger partial charge in [0.05, 0.1) is 5.75 Å². The summed E-state index contributed by atoms with van der Waals surface area (Å²) in [6.07, 6.45) is 0.218. The third-order valence-electron chi connectivity index (χ3n) is 3.05. The Labute approximate surface area is 136 Å². The van der Waals surface area contributed by atoms with Crippen LogP contribution in [-0.2, 0) is 14.4 Å². The fourth-order valence-electron chi connectivity index (χ4n) is 2.13. The first-order valence-electron chi connectivity index (χ1n) is 6.93. The first-order valence-corrected chi connectivity index (χ1v) is 7.98. The van der Waals surface area contributed by atoms with Gasteiger partial charge in [-0.3, -0.25) is 19.7 Å². The number of amides is 3. The van der Waals surface area contributed by atoms with Crippen LogP contribution in [0.2, 0.25) is 0 Å². The maximum absolute atomic E-state index is 13.0. The number of carbonyl (C=O) groups excluding carboxylic acids is 3. The lowest BCUT2D eigenvalue weighted by Gasteiger charge is -2.30. The summed E-state index contributed by atoms with van der Waals surface area (Å²) in [6, 6.07) is 5.23. The van der Waals surface area contributed by atoms with Gasteiger partial charge in [-0.2, -0.15) is 0 Å². The second-order valence-electron chi connectivity index (χ2n) is 5.06. The zero-order valence-electron chi connectivity index (χ0n) is 12.2. The van der Waals surface area contributed by atoms with Crippen LogP contribution in [-0.4, -0.2) is 35.0 Å². The van der Waals surface area contributed by atoms with Gasteiger partial charge in [-0.05, 0) is 18.2 Å². The van der Waals surface area contributed by atoms with Crippen molar-refractivity contribution < 1.29 is 18.8 Å². The highest BCUT2D eigenvalue weighted by molar-refractivity contribution is 8.00. The lowest BCUT2D eigenvalue weighted by atomic mass is 10.1. The highest BCUT2D eigenvalue weighted by atomic mass is 32.2. The van der Waals surface area contributed by atoms with Crippen molar-refractivity contribution in [2.24, 2.45) is 5.73 Å². The van der Waals surface area contributed by atoms with E-state index in [1.807, 2.05) is 0 Å². The second-order valence-corrected chi connectivity index (χ2v) is 6.15. The molecule has 0 aromatic heterocycles. The minimum absolute atomic E-state index is 0.0533. The summed E-state index contributed by atoms with van der Waals surface area (Å²) in [5.74, 6) is -1.42. The smallest absolute Gasteiger partial charge is 0.234 e. The molecular formula is C14H17FN4O3S. The number of hydrogen-bond acceptors (Lipinski definition) is 5. The van der Waals surface area contributed by atoms with Crippen LogP contribution in [0, 0.1) is 5.82 Å². The molecule has 5 N–H and O–H groups in total. The van der Waals surface area contributed by atoms with Gasteiger partial charge in [0.15, 0.2) is 0 Å². The molecule has 0 aliphatic carbocycles. The van der Waals surface area contributed by atoms with Crippen LogP contribution in [0.15, 0.2) is 24.3 Å². The summed E-state index contributed by atoms with van der Waals surface area (Å²) in [6.45, 7) is 0. The molecule has 1 fully saturated rings. The molecule has 0 radical (unpaired) electrons. The average Bonchev–Trinajstić information content (AvgIpc) is 2.44. The van der Waals surface area contributed by atoms with E-state index in [9.17, 15) is 18.8 Å². The minimum Gasteiger partial charge on any atom is -0.370 e. The molecule has 2 rings (SSSR count). The first-order chi connectivity index (χ1) is 10.9. The van der Waals surface area contributed by atoms with E-state index in [2.05, 4.69) is 16.0 Å². The monoisotopic (exact) mass is 340 g/mol. The Morgan fingerprint density at radius 3 is 2.91 bits per heavy atom. The Bertz CT molecular complexity index is 611. The van der Waals surface area contributed by atoms with Crippen molar-refractivity contribution in [3.05, 3.63) is 30.1 Å². The van der Waals surface area contributed by atoms with Crippen molar-refractivity contribution >= 4 is 35.2 Å². The molecule has 2 unspecified atom stereocenters. The lowest BCUT2D eigenvalue weighted by molar-refractivity contribution is -0.124. The number of rotatable bonds is 6. The third-order valence-corrected chi connectivity index (χ3v) is 4.06. The molecule has 9 heteroatoms. The van der Waals surface area contributed by atoms with E-state index in [0.29, 0.717) is 5.69 Å². The molecule has 1 aromatic carbocycles. The zero-order chi connectivity index (χ0) is 16.8. The van der Waals surface area contributed by atoms with Crippen molar-refractivity contribution in [1.82, 2.24) is 10.6 Å². The Morgan fingerprint density at radius 1 is 1.43 bits per heavy atom. The third kappa shape index (κ3) is 5.87. The molecule has 0 spiro atoms. The van der Waals surface area contributed by atoms with Gasteiger partial charge in [0.2, 0.25) is 17.7 Å². The molecule has 23 heavy (non-hydrogen) atoms. The van der Waals surface area contributed by atoms with Crippen molar-refractivity contribution in [2.45, 2.75) is 24.4 Å². The van der Waals surface area contributed by atoms with E-state index in [4.69, 9.17) is 5.73 Å². The van der Waals surface area contributed by atoms with Gasteiger partial charge < -0.3 is 16.4 Å². The first kappa shape index (κ1) is 17.2. The SMILES string of the molecule is NC(=O)CC1CC(=O)NC(SCC(=O)Nc2cccc(F)c2)N1. The summed E-state index contributed by atoms with van der Waals surface area (Å²) in [7, 11) is 0. The van der Waals surface area contributed by atoms with Gasteiger partial charge in [0.1, 0.15) is 11.3 Å². The van der Waals surface area contributed by atoms with Gasteiger partial charge in [-0.15, -0.1) is 11.8 Å². The van der Waals surface area contributed by atoms with Crippen molar-refractivity contribution in [3.63, 3.8) is 0 Å². The molecule has 1 aliphatic rings. The molecular weight excluding hydrogens is 323 g/mol. The molecule has 7 nitrogen and oxygen atoms in total. The molecule has 1 heterocycles. The van der Waals surface area contributed by atoms with Crippen LogP contribution in [0.3, 0.4) is 0 Å². The summed E-state index contributed by atoms with van der Waals surface area (Å²) >= 11 is 1.16. The summed E-state index contributed by atoms with van der Waals surface area (Å²) in [5.41, 5.74) is 5.00. The molecule has 124 valence electrons. The minimum atomic E-state index is -0.496. The standard InChI is InChI=1S/C14H17FN4O3S/c15-8-2-1-3-9(4-8)17-13(22)7-23-14-18-10(5-11(16)20)6-12(21)19-14/h1-4,10,14,18H,5-7H2,(H2,16,20)(H,17,22)(H,19,21). The Morgan fingerprint density at radius 2 is 2.22 bits per heavy atom. The maximum Gasteiger partial charge on any atom is 0.234 e. The van der Waals surface area contributed by atoms with E-state index >= 15 is 0 Å². The van der Waals surface area contributed by atoms with Crippen LogP contribution in [0.1, 0.15) is 12.8 Å². The second kappa shape index (κ2) is 7.93. The van der Waals surface area contributed by atoms with E-state index in [0.717, 1.165) is 11.8 Å². The van der Waals surface area contributed by atoms with E-state index in [-0.39, 0.29) is 36.5 Å². The predicted molar refractivity (Wildman–Crippen MR) is 84.8 cm³/mol. The number of halogens is 1. The molecule has 3 amide bonds. The Balaban J connectivity index is 1.81. The lowest BCUT2D eigenvalue weighted by Crippen LogP contribution is -2.55. The molecule has 0 bridgehead atoms. The van der Waals surface area contributed by atoms with E-state index in [1.165, 1.54) is 18.2 Å². The summed E-state index contributed by atoms with van der Waals surface area (Å²) < 4.78 is 13.0. The van der Waals surface area contributed by atoms with Gasteiger partial charge >= 0.3 is 0 Å². The van der Waals surface area contributed by atoms with E-state index < -0.39 is 17.2 Å². The van der Waals surface area contributed by atoms with Gasteiger partial charge in [-0.1, -0.05) is 6.07 Å². The number of anilines is 1. The molecule has 1 aromatic rings. The maximum atomic E-state index is 13.0. The van der Waals surface area contributed by atoms with Crippen molar-refractivity contribution in [3.8, 4) is 0 Å². The number of carbonyl (C=O) groups is 3. The van der Waals surface area contributed by atoms with Crippen LogP contribution >= 0.6 is 11.8 Å². The van der Waals surface area contributed by atoms with Crippen LogP contribution < -0.4 is 21.7 Å². The zero-order valence-corrected chi connectivity index (χ0v) is 13.0. The van der Waals surface area contributed by atoms with Crippen LogP contribution in [0.4, 0.5) is 10.1 Å². The fraction of sp³-hybridized carbons (Fsp3) is 0.357. The Hall–Kier alpha value is -2.13. The molecule has 2 atom stereocenters. The van der Waals surface area contributed by atoms with Gasteiger partial charge in [-0.25, -0.2) is 4.39 Å². The van der Waals surface area contributed by atoms with Gasteiger partial charge in [0, 0.05) is 24.6 Å². The number of primary amides is 1. The quantitative estimate of drug-likeness (QED) is 0.588. The average molecular weight is 340 g/mol. The predicted octanol–water partition coefficient (Wildman–Crippen LogP) is 0.135. The molecule has 0 saturated carbocycles. The number of nitrogens with one attached hydrogen (secondary N) is 3. The van der Waals surface area contributed by atoms with Gasteiger partial charge in [0.25, 0.3) is 0 Å². The number of hydrogen-bond donors (Lipinski definition) is 4.